The highest BCUT2D eigenvalue weighted by Crippen LogP contribution is 2.20. The molecule has 0 spiro atoms. The lowest BCUT2D eigenvalue weighted by molar-refractivity contribution is 0.476. The van der Waals surface area contributed by atoms with Crippen molar-refractivity contribution in [2.75, 3.05) is 6.54 Å². The number of hydrogen-bond acceptors (Lipinski definition) is 4. The van der Waals surface area contributed by atoms with Crippen molar-refractivity contribution in [2.45, 2.75) is 19.6 Å². The maximum absolute atomic E-state index is 13.4. The van der Waals surface area contributed by atoms with Gasteiger partial charge in [-0.15, -0.1) is 0 Å². The number of hydrogen-bond donors (Lipinski definition) is 2. The van der Waals surface area contributed by atoms with Crippen LogP contribution < -0.4 is 10.9 Å². The second kappa shape index (κ2) is 6.17. The van der Waals surface area contributed by atoms with Crippen molar-refractivity contribution in [3.63, 3.8) is 0 Å². The Labute approximate surface area is 153 Å². The molecule has 0 atom stereocenters. The summed E-state index contributed by atoms with van der Waals surface area (Å²) in [4.78, 5) is 19.6. The van der Waals surface area contributed by atoms with Crippen molar-refractivity contribution in [1.82, 2.24) is 29.6 Å². The molecule has 1 aliphatic heterocycles. The van der Waals surface area contributed by atoms with E-state index in [1.807, 2.05) is 21.5 Å². The van der Waals surface area contributed by atoms with Crippen LogP contribution in [-0.2, 0) is 19.6 Å². The minimum atomic E-state index is -0.374. The van der Waals surface area contributed by atoms with Gasteiger partial charge >= 0.3 is 0 Å². The molecule has 0 radical (unpaired) electrons. The number of halogens is 1. The molecule has 1 aromatic carbocycles. The minimum Gasteiger partial charge on any atom is -0.325 e. The quantitative estimate of drug-likeness (QED) is 0.582. The van der Waals surface area contributed by atoms with Crippen LogP contribution in [0.1, 0.15) is 11.3 Å². The lowest BCUT2D eigenvalue weighted by atomic mass is 10.1. The topological polar surface area (TPSA) is 80.5 Å². The molecule has 0 bridgehead atoms. The molecule has 27 heavy (non-hydrogen) atoms. The van der Waals surface area contributed by atoms with Gasteiger partial charge < -0.3 is 14.9 Å². The first kappa shape index (κ1) is 16.0. The van der Waals surface area contributed by atoms with Gasteiger partial charge in [-0.3, -0.25) is 9.48 Å². The van der Waals surface area contributed by atoms with E-state index < -0.39 is 0 Å². The summed E-state index contributed by atoms with van der Waals surface area (Å²) >= 11 is 0. The number of benzene rings is 1. The van der Waals surface area contributed by atoms with Gasteiger partial charge in [0, 0.05) is 31.0 Å². The molecule has 5 rings (SSSR count). The van der Waals surface area contributed by atoms with E-state index in [4.69, 9.17) is 0 Å². The molecule has 136 valence electrons. The van der Waals surface area contributed by atoms with Crippen molar-refractivity contribution in [3.8, 4) is 11.5 Å². The maximum Gasteiger partial charge on any atom is 0.253 e. The van der Waals surface area contributed by atoms with Crippen LogP contribution in [0.15, 0.2) is 47.5 Å². The van der Waals surface area contributed by atoms with E-state index in [1.165, 1.54) is 12.1 Å². The zero-order valence-corrected chi connectivity index (χ0v) is 14.4. The average Bonchev–Trinajstić information content (AvgIpc) is 3.28. The zero-order valence-electron chi connectivity index (χ0n) is 14.4. The fraction of sp³-hybridized carbons (Fsp3) is 0.211. The standard InChI is InChI=1S/C19H17FN6O/c20-14-2-1-12-7-13(19(27)23-16(12)8-14)11-25-5-4-22-18(25)17-9-15-10-21-3-6-26(15)24-17/h1-2,4-5,7-9,21H,3,6,10-11H2,(H,23,27). The van der Waals surface area contributed by atoms with Gasteiger partial charge in [0.1, 0.15) is 11.5 Å². The molecule has 0 saturated carbocycles. The van der Waals surface area contributed by atoms with E-state index in [2.05, 4.69) is 20.4 Å². The van der Waals surface area contributed by atoms with Crippen LogP contribution in [0, 0.1) is 5.82 Å². The molecule has 3 aromatic heterocycles. The van der Waals surface area contributed by atoms with E-state index in [0.29, 0.717) is 17.6 Å². The van der Waals surface area contributed by atoms with Crippen LogP contribution in [0.25, 0.3) is 22.4 Å². The summed E-state index contributed by atoms with van der Waals surface area (Å²) in [6.45, 7) is 2.87. The van der Waals surface area contributed by atoms with Gasteiger partial charge in [0.15, 0.2) is 5.82 Å². The van der Waals surface area contributed by atoms with Gasteiger partial charge in [-0.25, -0.2) is 9.37 Å². The average molecular weight is 364 g/mol. The number of aromatic nitrogens is 5. The summed E-state index contributed by atoms with van der Waals surface area (Å²) in [5.74, 6) is 0.344. The van der Waals surface area contributed by atoms with E-state index in [0.717, 1.165) is 42.2 Å². The summed E-state index contributed by atoms with van der Waals surface area (Å²) in [5, 5.41) is 8.75. The van der Waals surface area contributed by atoms with Crippen LogP contribution in [0.4, 0.5) is 4.39 Å². The molecule has 0 unspecified atom stereocenters. The van der Waals surface area contributed by atoms with Gasteiger partial charge in [-0.2, -0.15) is 5.10 Å². The van der Waals surface area contributed by atoms with Crippen molar-refractivity contribution < 1.29 is 4.39 Å². The summed E-state index contributed by atoms with van der Waals surface area (Å²) in [5.41, 5.74) is 2.75. The van der Waals surface area contributed by atoms with E-state index in [9.17, 15) is 9.18 Å². The number of nitrogens with zero attached hydrogens (tertiary/aromatic N) is 4. The van der Waals surface area contributed by atoms with Gasteiger partial charge in [0.2, 0.25) is 0 Å². The predicted molar refractivity (Wildman–Crippen MR) is 98.8 cm³/mol. The molecule has 1 aliphatic rings. The Hall–Kier alpha value is -3.26. The molecule has 0 aliphatic carbocycles. The summed E-state index contributed by atoms with van der Waals surface area (Å²) in [6, 6.07) is 8.19. The molecule has 4 aromatic rings. The highest BCUT2D eigenvalue weighted by atomic mass is 19.1. The number of rotatable bonds is 3. The van der Waals surface area contributed by atoms with Crippen LogP contribution in [-0.4, -0.2) is 30.9 Å². The second-order valence-electron chi connectivity index (χ2n) is 6.65. The first-order valence-electron chi connectivity index (χ1n) is 8.78. The molecule has 4 heterocycles. The lowest BCUT2D eigenvalue weighted by Crippen LogP contribution is -2.28. The Bertz CT molecular complexity index is 1180. The maximum atomic E-state index is 13.4. The summed E-state index contributed by atoms with van der Waals surface area (Å²) < 4.78 is 17.3. The molecular formula is C19H17FN6O. The normalized spacial score (nSPS) is 13.8. The Balaban J connectivity index is 1.52. The number of fused-ring (bicyclic) bond motifs is 2. The van der Waals surface area contributed by atoms with Gasteiger partial charge in [0.25, 0.3) is 5.56 Å². The third kappa shape index (κ3) is 2.83. The smallest absolute Gasteiger partial charge is 0.253 e. The van der Waals surface area contributed by atoms with E-state index in [-0.39, 0.29) is 11.4 Å². The van der Waals surface area contributed by atoms with Gasteiger partial charge in [-0.1, -0.05) is 0 Å². The molecule has 0 saturated heterocycles. The first-order valence-corrected chi connectivity index (χ1v) is 8.78. The Kier molecular flexibility index (Phi) is 3.64. The predicted octanol–water partition coefficient (Wildman–Crippen LogP) is 1.88. The Morgan fingerprint density at radius 1 is 1.22 bits per heavy atom. The fourth-order valence-corrected chi connectivity index (χ4v) is 3.49. The number of aromatic amines is 1. The summed E-state index contributed by atoms with van der Waals surface area (Å²) in [6.07, 6.45) is 3.54. The largest absolute Gasteiger partial charge is 0.325 e. The summed E-state index contributed by atoms with van der Waals surface area (Å²) in [7, 11) is 0. The Morgan fingerprint density at radius 3 is 3.04 bits per heavy atom. The van der Waals surface area contributed by atoms with Crippen molar-refractivity contribution >= 4 is 10.9 Å². The van der Waals surface area contributed by atoms with Gasteiger partial charge in [-0.05, 0) is 35.7 Å². The molecule has 2 N–H and O–H groups in total. The van der Waals surface area contributed by atoms with Crippen LogP contribution in [0.3, 0.4) is 0 Å². The van der Waals surface area contributed by atoms with Crippen LogP contribution >= 0.6 is 0 Å². The van der Waals surface area contributed by atoms with Crippen molar-refractivity contribution in [2.24, 2.45) is 0 Å². The SMILES string of the molecule is O=c1[nH]c2cc(F)ccc2cc1Cn1ccnc1-c1cc2n(n1)CCNC2. The lowest BCUT2D eigenvalue weighted by Gasteiger charge is -2.13. The van der Waals surface area contributed by atoms with Crippen LogP contribution in [0.5, 0.6) is 0 Å². The number of H-pyrrole nitrogens is 1. The highest BCUT2D eigenvalue weighted by molar-refractivity contribution is 5.78. The molecule has 7 nitrogen and oxygen atoms in total. The fourth-order valence-electron chi connectivity index (χ4n) is 3.49. The Morgan fingerprint density at radius 2 is 2.15 bits per heavy atom. The highest BCUT2D eigenvalue weighted by Gasteiger charge is 2.16. The van der Waals surface area contributed by atoms with E-state index in [1.54, 1.807) is 18.3 Å². The first-order chi connectivity index (χ1) is 13.2. The third-order valence-corrected chi connectivity index (χ3v) is 4.84. The molecule has 0 amide bonds. The van der Waals surface area contributed by atoms with E-state index >= 15 is 0 Å². The number of imidazole rings is 1. The molecular weight excluding hydrogens is 347 g/mol. The zero-order chi connectivity index (χ0) is 18.4. The number of pyridine rings is 1. The van der Waals surface area contributed by atoms with Crippen molar-refractivity contribution in [1.29, 1.82) is 0 Å². The third-order valence-electron chi connectivity index (χ3n) is 4.84. The second-order valence-corrected chi connectivity index (χ2v) is 6.65. The number of nitrogens with one attached hydrogen (secondary N) is 2. The molecule has 0 fully saturated rings. The van der Waals surface area contributed by atoms with Crippen molar-refractivity contribution in [3.05, 3.63) is 70.2 Å². The monoisotopic (exact) mass is 364 g/mol. The van der Waals surface area contributed by atoms with Crippen LogP contribution in [0.2, 0.25) is 0 Å². The molecule has 8 heteroatoms. The minimum absolute atomic E-state index is 0.235. The van der Waals surface area contributed by atoms with Gasteiger partial charge in [0.05, 0.1) is 24.3 Å².